The molecule has 8 heteroatoms. The molecule has 0 aliphatic rings. The quantitative estimate of drug-likeness (QED) is 0.859. The molecule has 1 aromatic carbocycles. The van der Waals surface area contributed by atoms with Crippen molar-refractivity contribution in [3.05, 3.63) is 29.8 Å². The number of nitrogens with two attached hydrogens (primary N) is 1. The Hall–Kier alpha value is -1.08. The van der Waals surface area contributed by atoms with E-state index in [0.29, 0.717) is 0 Å². The van der Waals surface area contributed by atoms with Crippen molar-refractivity contribution < 1.29 is 26.7 Å². The maximum Gasteiger partial charge on any atom is 0.573 e. The Bertz CT molecular complexity index is 372. The number of ether oxygens (including phenoxy) is 1. The van der Waals surface area contributed by atoms with Crippen molar-refractivity contribution in [2.45, 2.75) is 25.3 Å². The van der Waals surface area contributed by atoms with Gasteiger partial charge in [-0.05, 0) is 17.7 Å². The van der Waals surface area contributed by atoms with Gasteiger partial charge in [-0.3, -0.25) is 0 Å². The fourth-order valence-corrected chi connectivity index (χ4v) is 1.27. The standard InChI is InChI=1S/C10H10F5NO.ClH/c11-9(12)5-8(16)6-2-1-3-7(4-6)17-10(13,14)15;/h1-4,8-9H,5,16H2;1H/t8-;/m0./s1. The molecular weight excluding hydrogens is 281 g/mol. The number of hydrogen-bond acceptors (Lipinski definition) is 2. The molecule has 0 unspecified atom stereocenters. The van der Waals surface area contributed by atoms with Crippen molar-refractivity contribution in [2.75, 3.05) is 0 Å². The van der Waals surface area contributed by atoms with Gasteiger partial charge < -0.3 is 10.5 Å². The molecular formula is C10H11ClF5NO. The molecule has 0 fully saturated rings. The molecule has 1 aromatic rings. The number of rotatable bonds is 4. The van der Waals surface area contributed by atoms with Crippen molar-refractivity contribution >= 4 is 12.4 Å². The Balaban J connectivity index is 0.00000289. The summed E-state index contributed by atoms with van der Waals surface area (Å²) in [5.74, 6) is -0.472. The predicted molar refractivity (Wildman–Crippen MR) is 57.9 cm³/mol. The topological polar surface area (TPSA) is 35.2 Å². The minimum Gasteiger partial charge on any atom is -0.406 e. The molecule has 0 heterocycles. The van der Waals surface area contributed by atoms with Crippen LogP contribution in [-0.2, 0) is 0 Å². The van der Waals surface area contributed by atoms with Gasteiger partial charge in [-0.1, -0.05) is 12.1 Å². The van der Waals surface area contributed by atoms with E-state index in [1.807, 2.05) is 0 Å². The second-order valence-corrected chi connectivity index (χ2v) is 3.35. The maximum absolute atomic E-state index is 12.1. The van der Waals surface area contributed by atoms with E-state index in [-0.39, 0.29) is 18.0 Å². The Morgan fingerprint density at radius 3 is 2.33 bits per heavy atom. The SMILES string of the molecule is Cl.N[C@@H](CC(F)F)c1cccc(OC(F)(F)F)c1. The van der Waals surface area contributed by atoms with E-state index < -0.39 is 31.0 Å². The molecule has 0 saturated carbocycles. The molecule has 1 rings (SSSR count). The zero-order valence-corrected chi connectivity index (χ0v) is 9.77. The molecule has 0 spiro atoms. The lowest BCUT2D eigenvalue weighted by Gasteiger charge is -2.14. The summed E-state index contributed by atoms with van der Waals surface area (Å²) in [5.41, 5.74) is 5.58. The molecule has 0 amide bonds. The number of benzene rings is 1. The van der Waals surface area contributed by atoms with Crippen LogP contribution in [0.15, 0.2) is 24.3 Å². The van der Waals surface area contributed by atoms with Gasteiger partial charge >= 0.3 is 6.36 Å². The van der Waals surface area contributed by atoms with Gasteiger partial charge in [0, 0.05) is 12.5 Å². The average molecular weight is 292 g/mol. The first-order chi connectivity index (χ1) is 7.78. The van der Waals surface area contributed by atoms with Gasteiger partial charge in [-0.15, -0.1) is 25.6 Å². The van der Waals surface area contributed by atoms with E-state index in [2.05, 4.69) is 4.74 Å². The molecule has 18 heavy (non-hydrogen) atoms. The minimum absolute atomic E-state index is 0. The third-order valence-corrected chi connectivity index (χ3v) is 1.95. The summed E-state index contributed by atoms with van der Waals surface area (Å²) in [6.07, 6.45) is -8.04. The Labute approximate surface area is 106 Å². The van der Waals surface area contributed by atoms with Crippen LogP contribution < -0.4 is 10.5 Å². The summed E-state index contributed by atoms with van der Waals surface area (Å²) in [6, 6.07) is 3.69. The number of halogens is 6. The number of alkyl halides is 5. The summed E-state index contributed by atoms with van der Waals surface area (Å²) in [4.78, 5) is 0. The molecule has 0 radical (unpaired) electrons. The fraction of sp³-hybridized carbons (Fsp3) is 0.400. The van der Waals surface area contributed by atoms with Crippen LogP contribution in [0.5, 0.6) is 5.75 Å². The van der Waals surface area contributed by atoms with Crippen molar-refractivity contribution in [1.82, 2.24) is 0 Å². The highest BCUT2D eigenvalue weighted by Crippen LogP contribution is 2.26. The van der Waals surface area contributed by atoms with Crippen LogP contribution in [-0.4, -0.2) is 12.8 Å². The Morgan fingerprint density at radius 1 is 1.22 bits per heavy atom. The van der Waals surface area contributed by atoms with Gasteiger partial charge in [0.05, 0.1) is 0 Å². The normalized spacial score (nSPS) is 13.1. The second-order valence-electron chi connectivity index (χ2n) is 3.35. The van der Waals surface area contributed by atoms with E-state index in [1.54, 1.807) is 0 Å². The molecule has 0 bridgehead atoms. The number of hydrogen-bond donors (Lipinski definition) is 1. The van der Waals surface area contributed by atoms with Crippen LogP contribution in [0, 0.1) is 0 Å². The lowest BCUT2D eigenvalue weighted by molar-refractivity contribution is -0.274. The van der Waals surface area contributed by atoms with Crippen LogP contribution in [0.2, 0.25) is 0 Å². The van der Waals surface area contributed by atoms with Gasteiger partial charge in [-0.2, -0.15) is 0 Å². The highest BCUT2D eigenvalue weighted by Gasteiger charge is 2.31. The highest BCUT2D eigenvalue weighted by molar-refractivity contribution is 5.85. The van der Waals surface area contributed by atoms with E-state index in [4.69, 9.17) is 5.73 Å². The molecule has 1 atom stereocenters. The van der Waals surface area contributed by atoms with Crippen LogP contribution in [0.1, 0.15) is 18.0 Å². The first-order valence-electron chi connectivity index (χ1n) is 4.67. The van der Waals surface area contributed by atoms with Gasteiger partial charge in [0.15, 0.2) is 0 Å². The van der Waals surface area contributed by atoms with Crippen LogP contribution >= 0.6 is 12.4 Å². The van der Waals surface area contributed by atoms with E-state index >= 15 is 0 Å². The van der Waals surface area contributed by atoms with E-state index in [1.165, 1.54) is 12.1 Å². The lowest BCUT2D eigenvalue weighted by atomic mass is 10.0. The van der Waals surface area contributed by atoms with Gasteiger partial charge in [-0.25, -0.2) is 8.78 Å². The van der Waals surface area contributed by atoms with Crippen molar-refractivity contribution in [1.29, 1.82) is 0 Å². The second kappa shape index (κ2) is 6.75. The smallest absolute Gasteiger partial charge is 0.406 e. The molecule has 0 aromatic heterocycles. The predicted octanol–water partition coefficient (Wildman–Crippen LogP) is 3.66. The molecule has 0 saturated heterocycles. The van der Waals surface area contributed by atoms with Crippen molar-refractivity contribution in [3.63, 3.8) is 0 Å². The summed E-state index contributed by atoms with van der Waals surface area (Å²) >= 11 is 0. The first kappa shape index (κ1) is 16.9. The third-order valence-electron chi connectivity index (χ3n) is 1.95. The van der Waals surface area contributed by atoms with Gasteiger partial charge in [0.1, 0.15) is 5.75 Å². The van der Waals surface area contributed by atoms with Crippen molar-refractivity contribution in [2.24, 2.45) is 5.73 Å². The Morgan fingerprint density at radius 2 is 1.83 bits per heavy atom. The van der Waals surface area contributed by atoms with E-state index in [0.717, 1.165) is 12.1 Å². The van der Waals surface area contributed by atoms with Crippen LogP contribution in [0.25, 0.3) is 0 Å². The van der Waals surface area contributed by atoms with E-state index in [9.17, 15) is 22.0 Å². The van der Waals surface area contributed by atoms with Crippen LogP contribution in [0.3, 0.4) is 0 Å². The zero-order chi connectivity index (χ0) is 13.1. The highest BCUT2D eigenvalue weighted by atomic mass is 35.5. The average Bonchev–Trinajstić information content (AvgIpc) is 2.14. The van der Waals surface area contributed by atoms with Crippen molar-refractivity contribution in [3.8, 4) is 5.75 Å². The molecule has 2 N–H and O–H groups in total. The zero-order valence-electron chi connectivity index (χ0n) is 8.95. The van der Waals surface area contributed by atoms with Gasteiger partial charge in [0.25, 0.3) is 0 Å². The fourth-order valence-electron chi connectivity index (χ4n) is 1.27. The monoisotopic (exact) mass is 291 g/mol. The summed E-state index contributed by atoms with van der Waals surface area (Å²) in [7, 11) is 0. The molecule has 2 nitrogen and oxygen atoms in total. The lowest BCUT2D eigenvalue weighted by Crippen LogP contribution is -2.18. The summed E-state index contributed by atoms with van der Waals surface area (Å²) in [6.45, 7) is 0. The largest absolute Gasteiger partial charge is 0.573 e. The molecule has 104 valence electrons. The minimum atomic E-state index is -4.81. The van der Waals surface area contributed by atoms with Crippen LogP contribution in [0.4, 0.5) is 22.0 Å². The summed E-state index contributed by atoms with van der Waals surface area (Å²) in [5, 5.41) is 0. The first-order valence-corrected chi connectivity index (χ1v) is 4.67. The molecule has 0 aliphatic heterocycles. The molecule has 0 aliphatic carbocycles. The maximum atomic E-state index is 12.1. The summed E-state index contributed by atoms with van der Waals surface area (Å²) < 4.78 is 63.5. The Kier molecular flexibility index (Phi) is 6.34. The third kappa shape index (κ3) is 6.02. The van der Waals surface area contributed by atoms with Gasteiger partial charge in [0.2, 0.25) is 6.43 Å².